The van der Waals surface area contributed by atoms with Gasteiger partial charge in [-0.3, -0.25) is 0 Å². The van der Waals surface area contributed by atoms with Crippen molar-refractivity contribution in [2.75, 3.05) is 0 Å². The molecule has 1 aromatic heterocycles. The summed E-state index contributed by atoms with van der Waals surface area (Å²) in [5.74, 6) is 0. The zero-order chi connectivity index (χ0) is 41.8. The minimum atomic E-state index is -2.01. The predicted octanol–water partition coefficient (Wildman–Crippen LogP) is 14.1. The molecule has 0 nitrogen and oxygen atoms in total. The molecule has 0 aliphatic rings. The standard InChI is InChI=1S/2C18H15P.C4H3S.3C4H9.2ClH.Pd.Sn/c2*1-4-10-16(11-5-1)19(17-12-6-2-7-13-17)18-14-8-3-9-15-18;1-2-4-5-3-1;3*1-3-4-2;;;;/h2*1-15H;1-3H;3*1,3-4H2,2H3;2*1H;;/q;;;;;;;;+2;/p-2. The van der Waals surface area contributed by atoms with Crippen LogP contribution in [0.3, 0.4) is 0 Å². The maximum atomic E-state index is 4.81. The maximum Gasteiger partial charge on any atom is -0.0134 e. The van der Waals surface area contributed by atoms with Crippen molar-refractivity contribution in [3.63, 3.8) is 0 Å². The first-order valence-electron chi connectivity index (χ1n) is 20.9. The fourth-order valence-electron chi connectivity index (χ4n) is 7.23. The molecule has 0 unspecified atom stereocenters. The van der Waals surface area contributed by atoms with Gasteiger partial charge in [-0.1, -0.05) is 182 Å². The number of hydrogen-bond donors (Lipinski definition) is 0. The average Bonchev–Trinajstić information content (AvgIpc) is 3.86. The third kappa shape index (κ3) is 17.0. The Labute approximate surface area is 383 Å². The molecule has 0 atom stereocenters. The molecule has 0 N–H and O–H groups in total. The Bertz CT molecular complexity index is 1700. The van der Waals surface area contributed by atoms with Crippen molar-refractivity contribution >= 4 is 99.3 Å². The van der Waals surface area contributed by atoms with E-state index in [2.05, 4.69) is 232 Å². The van der Waals surface area contributed by atoms with Crippen molar-refractivity contribution in [1.29, 1.82) is 0 Å². The van der Waals surface area contributed by atoms with Crippen LogP contribution >= 0.6 is 46.2 Å². The molecule has 0 saturated carbocycles. The van der Waals surface area contributed by atoms with Gasteiger partial charge in [0.05, 0.1) is 0 Å². The van der Waals surface area contributed by atoms with E-state index in [-0.39, 0.29) is 15.9 Å². The molecule has 0 radical (unpaired) electrons. The fraction of sp³-hybridized carbons (Fsp3) is 0.231. The average molecular weight is 1080 g/mol. The van der Waals surface area contributed by atoms with Crippen molar-refractivity contribution in [2.45, 2.75) is 72.6 Å². The SMILES string of the molecule is CCC[CH2][Sn]([CH2]CCC)([CH2]CCC)[c]1cccs1.[Cl][Pd][Cl].c1ccc(P(c2ccccc2)c2ccccc2)cc1.c1ccc(P(c2ccccc2)c2ccccc2)cc1. The molecule has 312 valence electrons. The van der Waals surface area contributed by atoms with Gasteiger partial charge in [-0.05, 0) is 47.7 Å². The molecule has 0 fully saturated rings. The molecule has 6 aromatic carbocycles. The molecule has 0 saturated heterocycles. The van der Waals surface area contributed by atoms with E-state index in [9.17, 15) is 0 Å². The number of rotatable bonds is 16. The van der Waals surface area contributed by atoms with Crippen LogP contribution in [0.1, 0.15) is 59.3 Å². The minimum Gasteiger partial charge on any atom is -0.0622 e. The number of unbranched alkanes of at least 4 members (excludes halogenated alkanes) is 3. The Hall–Kier alpha value is -2.08. The summed E-state index contributed by atoms with van der Waals surface area (Å²) in [5, 5.41) is 10.7. The first kappa shape index (κ1) is 49.6. The molecule has 7 heteroatoms. The summed E-state index contributed by atoms with van der Waals surface area (Å²) in [6.45, 7) is 7.06. The Kier molecular flexibility index (Phi) is 25.2. The largest absolute Gasteiger partial charge is 0.0622 e. The van der Waals surface area contributed by atoms with Crippen molar-refractivity contribution in [3.05, 3.63) is 200 Å². The third-order valence-corrected chi connectivity index (χ3v) is 34.3. The number of halogens is 2. The molecule has 7 rings (SSSR count). The van der Waals surface area contributed by atoms with Gasteiger partial charge in [0.15, 0.2) is 0 Å². The van der Waals surface area contributed by atoms with E-state index in [1.165, 1.54) is 70.4 Å². The van der Waals surface area contributed by atoms with Gasteiger partial charge in [-0.2, -0.15) is 0 Å². The van der Waals surface area contributed by atoms with Crippen LogP contribution in [0.2, 0.25) is 13.3 Å². The van der Waals surface area contributed by atoms with Crippen LogP contribution in [0.4, 0.5) is 0 Å². The summed E-state index contributed by atoms with van der Waals surface area (Å²) < 4.78 is 6.67. The number of thiophene rings is 1. The van der Waals surface area contributed by atoms with Crippen LogP contribution in [0, 0.1) is 0 Å². The van der Waals surface area contributed by atoms with Gasteiger partial charge >= 0.3 is 158 Å². The molecule has 59 heavy (non-hydrogen) atoms. The molecule has 0 aliphatic carbocycles. The van der Waals surface area contributed by atoms with Gasteiger partial charge in [0.2, 0.25) is 0 Å². The Morgan fingerprint density at radius 3 is 0.814 bits per heavy atom. The van der Waals surface area contributed by atoms with E-state index >= 15 is 0 Å². The normalized spacial score (nSPS) is 10.8. The van der Waals surface area contributed by atoms with Gasteiger partial charge < -0.3 is 0 Å². The molecule has 0 spiro atoms. The van der Waals surface area contributed by atoms with Crippen molar-refractivity contribution < 1.29 is 15.9 Å². The van der Waals surface area contributed by atoms with E-state index in [4.69, 9.17) is 19.1 Å². The molecule has 1 heterocycles. The molecule has 0 amide bonds. The smallest absolute Gasteiger partial charge is 0.0134 e. The Morgan fingerprint density at radius 1 is 0.390 bits per heavy atom. The van der Waals surface area contributed by atoms with E-state index in [1.54, 1.807) is 13.3 Å². The molecular weight excluding hydrogens is 1010 g/mol. The van der Waals surface area contributed by atoms with Crippen LogP contribution in [-0.4, -0.2) is 18.4 Å². The predicted molar refractivity (Wildman–Crippen MR) is 271 cm³/mol. The Balaban J connectivity index is 0.000000189. The maximum absolute atomic E-state index is 4.81. The number of benzene rings is 6. The van der Waals surface area contributed by atoms with Crippen LogP contribution in [0.5, 0.6) is 0 Å². The zero-order valence-electron chi connectivity index (χ0n) is 34.8. The van der Waals surface area contributed by atoms with Crippen LogP contribution in [0.15, 0.2) is 200 Å². The van der Waals surface area contributed by atoms with Crippen molar-refractivity contribution in [3.8, 4) is 0 Å². The van der Waals surface area contributed by atoms with Gasteiger partial charge in [0.1, 0.15) is 0 Å². The van der Waals surface area contributed by atoms with Gasteiger partial charge in [-0.25, -0.2) is 0 Å². The van der Waals surface area contributed by atoms with Crippen LogP contribution in [-0.2, 0) is 15.9 Å². The summed E-state index contributed by atoms with van der Waals surface area (Å²) in [5.41, 5.74) is 0. The van der Waals surface area contributed by atoms with Gasteiger partial charge in [-0.15, -0.1) is 0 Å². The van der Waals surface area contributed by atoms with E-state index in [0.717, 1.165) is 0 Å². The summed E-state index contributed by atoms with van der Waals surface area (Å²) >= 11 is -0.0448. The van der Waals surface area contributed by atoms with Crippen LogP contribution < -0.4 is 34.7 Å². The molecular formula is C52H60Cl2P2PdSSn. The zero-order valence-corrected chi connectivity index (χ0v) is 43.3. The summed E-state index contributed by atoms with van der Waals surface area (Å²) in [7, 11) is 8.74. The summed E-state index contributed by atoms with van der Waals surface area (Å²) in [6, 6.07) is 69.4. The second-order valence-corrected chi connectivity index (χ2v) is 36.2. The minimum absolute atomic E-state index is 0.106. The van der Waals surface area contributed by atoms with Crippen molar-refractivity contribution in [1.82, 2.24) is 0 Å². The van der Waals surface area contributed by atoms with Crippen LogP contribution in [0.25, 0.3) is 0 Å². The second kappa shape index (κ2) is 30.1. The summed E-state index contributed by atoms with van der Waals surface area (Å²) in [4.78, 5) is 0. The first-order valence-corrected chi connectivity index (χ1v) is 35.9. The topological polar surface area (TPSA) is 0 Å². The fourth-order valence-corrected chi connectivity index (χ4v) is 31.7. The molecule has 0 aliphatic heterocycles. The van der Waals surface area contributed by atoms with Gasteiger partial charge in [0, 0.05) is 0 Å². The summed E-state index contributed by atoms with van der Waals surface area (Å²) in [6.07, 6.45) is 8.55. The van der Waals surface area contributed by atoms with Crippen molar-refractivity contribution in [2.24, 2.45) is 0 Å². The van der Waals surface area contributed by atoms with E-state index in [1.807, 2.05) is 2.89 Å². The van der Waals surface area contributed by atoms with E-state index in [0.29, 0.717) is 0 Å². The van der Waals surface area contributed by atoms with E-state index < -0.39 is 34.2 Å². The quantitative estimate of drug-likeness (QED) is 0.0668. The molecule has 0 bridgehead atoms. The second-order valence-electron chi connectivity index (χ2n) is 14.3. The molecule has 7 aromatic rings. The van der Waals surface area contributed by atoms with Gasteiger partial charge in [0.25, 0.3) is 0 Å². The Morgan fingerprint density at radius 2 is 0.627 bits per heavy atom. The number of hydrogen-bond acceptors (Lipinski definition) is 1. The third-order valence-electron chi connectivity index (χ3n) is 10.2. The monoisotopic (exact) mass is 1070 g/mol. The first-order chi connectivity index (χ1) is 29.1.